The van der Waals surface area contributed by atoms with Gasteiger partial charge in [0.15, 0.2) is 5.11 Å². The first-order chi connectivity index (χ1) is 17.1. The minimum absolute atomic E-state index is 0.0798. The van der Waals surface area contributed by atoms with Crippen LogP contribution in [0, 0.1) is 0 Å². The summed E-state index contributed by atoms with van der Waals surface area (Å²) in [4.78, 5) is 6.90. The summed E-state index contributed by atoms with van der Waals surface area (Å²) in [5.74, 6) is 1.34. The van der Waals surface area contributed by atoms with Gasteiger partial charge >= 0.3 is 0 Å². The highest BCUT2D eigenvalue weighted by Gasteiger charge is 2.42. The Kier molecular flexibility index (Phi) is 6.55. The lowest BCUT2D eigenvalue weighted by molar-refractivity contribution is 0.340. The Bertz CT molecular complexity index is 1280. The summed E-state index contributed by atoms with van der Waals surface area (Å²) in [5, 5.41) is 4.26. The van der Waals surface area contributed by atoms with Crippen LogP contribution in [0.2, 0.25) is 0 Å². The van der Waals surface area contributed by atoms with E-state index < -0.39 is 0 Å². The van der Waals surface area contributed by atoms with Crippen molar-refractivity contribution in [3.05, 3.63) is 108 Å². The maximum Gasteiger partial charge on any atom is 0.174 e. The van der Waals surface area contributed by atoms with Gasteiger partial charge in [0.25, 0.3) is 0 Å². The van der Waals surface area contributed by atoms with Crippen LogP contribution in [0.4, 0.5) is 5.69 Å². The van der Waals surface area contributed by atoms with E-state index in [1.165, 1.54) is 5.56 Å². The van der Waals surface area contributed by atoms with Gasteiger partial charge in [-0.3, -0.25) is 4.98 Å². The highest BCUT2D eigenvalue weighted by molar-refractivity contribution is 7.80. The number of hydrogen-bond donors (Lipinski definition) is 1. The first-order valence-corrected chi connectivity index (χ1v) is 12.5. The van der Waals surface area contributed by atoms with Gasteiger partial charge in [-0.2, -0.15) is 0 Å². The van der Waals surface area contributed by atoms with Gasteiger partial charge in [0.2, 0.25) is 0 Å². The third-order valence-corrected chi connectivity index (χ3v) is 6.76. The van der Waals surface area contributed by atoms with Crippen molar-refractivity contribution in [2.75, 3.05) is 11.5 Å². The Morgan fingerprint density at radius 1 is 0.943 bits per heavy atom. The molecule has 0 saturated carbocycles. The Morgan fingerprint density at radius 3 is 2.34 bits per heavy atom. The Morgan fingerprint density at radius 2 is 1.69 bits per heavy atom. The number of thiocarbonyl (C=S) groups is 1. The van der Waals surface area contributed by atoms with E-state index in [4.69, 9.17) is 17.0 Å². The van der Waals surface area contributed by atoms with E-state index in [-0.39, 0.29) is 12.1 Å². The van der Waals surface area contributed by atoms with Crippen molar-refractivity contribution in [2.24, 2.45) is 0 Å². The van der Waals surface area contributed by atoms with Crippen molar-refractivity contribution in [1.29, 1.82) is 0 Å². The van der Waals surface area contributed by atoms with Crippen LogP contribution >= 0.6 is 12.2 Å². The van der Waals surface area contributed by atoms with E-state index in [1.54, 1.807) is 0 Å². The van der Waals surface area contributed by atoms with Crippen LogP contribution in [0.5, 0.6) is 5.75 Å². The van der Waals surface area contributed by atoms with Crippen molar-refractivity contribution in [3.63, 3.8) is 0 Å². The van der Waals surface area contributed by atoms with Gasteiger partial charge in [-0.1, -0.05) is 32.0 Å². The molecule has 1 fully saturated rings. The average molecular weight is 483 g/mol. The van der Waals surface area contributed by atoms with Gasteiger partial charge in [-0.25, -0.2) is 0 Å². The topological polar surface area (TPSA) is 42.3 Å². The van der Waals surface area contributed by atoms with Crippen molar-refractivity contribution in [2.45, 2.75) is 38.8 Å². The van der Waals surface area contributed by atoms with Gasteiger partial charge < -0.3 is 19.5 Å². The SMILES string of the molecule is CCOc1ccc(-n2cccc2[C@H]2[C@@H](c3ccccn3)NC(=S)N2c2ccc(C(C)C)cc2)cc1. The van der Waals surface area contributed by atoms with Crippen LogP contribution in [0.25, 0.3) is 5.69 Å². The molecule has 178 valence electrons. The normalized spacial score (nSPS) is 17.6. The fraction of sp³-hybridized carbons (Fsp3) is 0.241. The standard InChI is InChI=1S/C29H30N4OS/c1-4-34-24-16-14-22(15-17-24)32-19-7-9-26(32)28-27(25-8-5-6-18-30-25)31-29(35)33(28)23-12-10-21(11-13-23)20(2)3/h5-20,27-28H,4H2,1-3H3,(H,31,35)/t27-,28+/m1/s1. The molecule has 2 aromatic carbocycles. The summed E-state index contributed by atoms with van der Waals surface area (Å²) >= 11 is 5.90. The van der Waals surface area contributed by atoms with E-state index in [9.17, 15) is 0 Å². The number of rotatable bonds is 7. The van der Waals surface area contributed by atoms with E-state index in [1.807, 2.05) is 37.4 Å². The van der Waals surface area contributed by atoms with Crippen molar-refractivity contribution < 1.29 is 4.74 Å². The van der Waals surface area contributed by atoms with Crippen LogP contribution in [0.1, 0.15) is 55.7 Å². The molecule has 0 radical (unpaired) electrons. The summed E-state index contributed by atoms with van der Waals surface area (Å²) in [6, 6.07) is 27.0. The van der Waals surface area contributed by atoms with E-state index in [0.717, 1.165) is 28.5 Å². The third kappa shape index (κ3) is 4.54. The zero-order valence-electron chi connectivity index (χ0n) is 20.3. The molecule has 6 heteroatoms. The smallest absolute Gasteiger partial charge is 0.174 e. The molecule has 0 aliphatic carbocycles. The third-order valence-electron chi connectivity index (χ3n) is 6.45. The minimum Gasteiger partial charge on any atom is -0.494 e. The van der Waals surface area contributed by atoms with Gasteiger partial charge in [0, 0.05) is 29.5 Å². The second-order valence-electron chi connectivity index (χ2n) is 8.97. The van der Waals surface area contributed by atoms with Crippen LogP contribution in [-0.2, 0) is 0 Å². The van der Waals surface area contributed by atoms with Crippen LogP contribution in [0.15, 0.2) is 91.3 Å². The molecule has 1 N–H and O–H groups in total. The van der Waals surface area contributed by atoms with Gasteiger partial charge in [0.1, 0.15) is 11.8 Å². The van der Waals surface area contributed by atoms with Gasteiger partial charge in [-0.05, 0) is 91.3 Å². The zero-order chi connectivity index (χ0) is 24.4. The van der Waals surface area contributed by atoms with Gasteiger partial charge in [-0.15, -0.1) is 0 Å². The van der Waals surface area contributed by atoms with Crippen molar-refractivity contribution in [3.8, 4) is 11.4 Å². The maximum atomic E-state index is 5.90. The zero-order valence-corrected chi connectivity index (χ0v) is 21.1. The van der Waals surface area contributed by atoms with Crippen LogP contribution in [-0.4, -0.2) is 21.3 Å². The lowest BCUT2D eigenvalue weighted by Crippen LogP contribution is -2.30. The van der Waals surface area contributed by atoms with Crippen LogP contribution in [0.3, 0.4) is 0 Å². The van der Waals surface area contributed by atoms with E-state index >= 15 is 0 Å². The highest BCUT2D eigenvalue weighted by atomic mass is 32.1. The number of nitrogens with one attached hydrogen (secondary N) is 1. The van der Waals surface area contributed by atoms with Crippen molar-refractivity contribution >= 4 is 23.0 Å². The maximum absolute atomic E-state index is 5.90. The number of pyridine rings is 1. The summed E-state index contributed by atoms with van der Waals surface area (Å²) in [6.45, 7) is 7.06. The molecule has 0 spiro atoms. The molecular weight excluding hydrogens is 452 g/mol. The number of nitrogens with zero attached hydrogens (tertiary/aromatic N) is 3. The first-order valence-electron chi connectivity index (χ1n) is 12.1. The number of ether oxygens (including phenoxy) is 1. The molecule has 0 bridgehead atoms. The highest BCUT2D eigenvalue weighted by Crippen LogP contribution is 2.42. The number of aromatic nitrogens is 2. The fourth-order valence-corrected chi connectivity index (χ4v) is 5.04. The summed E-state index contributed by atoms with van der Waals surface area (Å²) in [5.41, 5.74) is 5.53. The number of benzene rings is 2. The predicted molar refractivity (Wildman–Crippen MR) is 145 cm³/mol. The second kappa shape index (κ2) is 9.92. The lowest BCUT2D eigenvalue weighted by atomic mass is 9.99. The Balaban J connectivity index is 1.60. The molecule has 4 aromatic rings. The van der Waals surface area contributed by atoms with Crippen LogP contribution < -0.4 is 15.0 Å². The first kappa shape index (κ1) is 23.1. The fourth-order valence-electron chi connectivity index (χ4n) is 4.69. The molecule has 5 rings (SSSR count). The molecule has 2 aromatic heterocycles. The average Bonchev–Trinajstić information content (AvgIpc) is 3.49. The molecular formula is C29H30N4OS. The number of hydrogen-bond acceptors (Lipinski definition) is 3. The van der Waals surface area contributed by atoms with Crippen molar-refractivity contribution in [1.82, 2.24) is 14.9 Å². The van der Waals surface area contributed by atoms with Gasteiger partial charge in [0.05, 0.1) is 18.3 Å². The molecule has 5 nitrogen and oxygen atoms in total. The summed E-state index contributed by atoms with van der Waals surface area (Å²) in [7, 11) is 0. The molecule has 35 heavy (non-hydrogen) atoms. The lowest BCUT2D eigenvalue weighted by Gasteiger charge is -2.29. The number of anilines is 1. The Labute approximate surface area is 212 Å². The minimum atomic E-state index is -0.0928. The monoisotopic (exact) mass is 482 g/mol. The quantitative estimate of drug-likeness (QED) is 0.302. The largest absolute Gasteiger partial charge is 0.494 e. The van der Waals surface area contributed by atoms with E-state index in [0.29, 0.717) is 17.6 Å². The summed E-state index contributed by atoms with van der Waals surface area (Å²) in [6.07, 6.45) is 3.94. The second-order valence-corrected chi connectivity index (χ2v) is 9.36. The molecule has 0 unspecified atom stereocenters. The molecule has 0 amide bonds. The summed E-state index contributed by atoms with van der Waals surface area (Å²) < 4.78 is 7.87. The molecule has 1 saturated heterocycles. The molecule has 3 heterocycles. The molecule has 1 aliphatic heterocycles. The predicted octanol–water partition coefficient (Wildman–Crippen LogP) is 6.57. The Hall–Kier alpha value is -3.64. The van der Waals surface area contributed by atoms with E-state index in [2.05, 4.69) is 94.4 Å². The molecule has 2 atom stereocenters. The molecule has 1 aliphatic rings.